The molecule has 1 amide bonds. The quantitative estimate of drug-likeness (QED) is 0.618. The zero-order valence-corrected chi connectivity index (χ0v) is 10.5. The van der Waals surface area contributed by atoms with Gasteiger partial charge in [0.15, 0.2) is 0 Å². The van der Waals surface area contributed by atoms with E-state index in [0.717, 1.165) is 6.54 Å². The molecule has 2 N–H and O–H groups in total. The van der Waals surface area contributed by atoms with Crippen LogP contribution in [0.5, 0.6) is 0 Å². The minimum Gasteiger partial charge on any atom is -0.351 e. The van der Waals surface area contributed by atoms with Gasteiger partial charge in [0.2, 0.25) is 5.91 Å². The highest BCUT2D eigenvalue weighted by atomic mass is 16.2. The van der Waals surface area contributed by atoms with Gasteiger partial charge in [0, 0.05) is 13.1 Å². The van der Waals surface area contributed by atoms with Crippen LogP contribution in [0.1, 0.15) is 39.5 Å². The Hall–Kier alpha value is -0.830. The van der Waals surface area contributed by atoms with E-state index < -0.39 is 0 Å². The van der Waals surface area contributed by atoms with Gasteiger partial charge in [0.1, 0.15) is 0 Å². The standard InChI is InChI=1S/C13H24N2O/c1-4-6-13(7-8-13)10-15-11(3)12(16)14-9-5-2/h5,11,15H,2,4,6-10H2,1,3H3,(H,14,16). The van der Waals surface area contributed by atoms with E-state index in [1.54, 1.807) is 6.08 Å². The predicted molar refractivity (Wildman–Crippen MR) is 67.2 cm³/mol. The lowest BCUT2D eigenvalue weighted by Crippen LogP contribution is -2.44. The summed E-state index contributed by atoms with van der Waals surface area (Å²) in [5, 5.41) is 6.13. The molecular formula is C13H24N2O. The highest BCUT2D eigenvalue weighted by Crippen LogP contribution is 2.48. The van der Waals surface area contributed by atoms with Crippen LogP contribution in [0.3, 0.4) is 0 Å². The van der Waals surface area contributed by atoms with Gasteiger partial charge in [-0.05, 0) is 31.6 Å². The second-order valence-corrected chi connectivity index (χ2v) is 4.89. The fourth-order valence-electron chi connectivity index (χ4n) is 2.01. The van der Waals surface area contributed by atoms with E-state index in [0.29, 0.717) is 12.0 Å². The maximum Gasteiger partial charge on any atom is 0.237 e. The van der Waals surface area contributed by atoms with Crippen molar-refractivity contribution in [2.24, 2.45) is 5.41 Å². The molecule has 16 heavy (non-hydrogen) atoms. The zero-order valence-electron chi connectivity index (χ0n) is 10.5. The van der Waals surface area contributed by atoms with Crippen LogP contribution in [0.2, 0.25) is 0 Å². The van der Waals surface area contributed by atoms with E-state index in [1.165, 1.54) is 25.7 Å². The first kappa shape index (κ1) is 13.2. The van der Waals surface area contributed by atoms with Gasteiger partial charge in [0.05, 0.1) is 6.04 Å². The fourth-order valence-corrected chi connectivity index (χ4v) is 2.01. The third-order valence-electron chi connectivity index (χ3n) is 3.33. The Morgan fingerprint density at radius 3 is 2.75 bits per heavy atom. The summed E-state index contributed by atoms with van der Waals surface area (Å²) in [6.45, 7) is 9.24. The molecule has 1 unspecified atom stereocenters. The van der Waals surface area contributed by atoms with Gasteiger partial charge in [-0.3, -0.25) is 4.79 Å². The Labute approximate surface area is 98.7 Å². The normalized spacial score (nSPS) is 18.9. The number of carbonyl (C=O) groups excluding carboxylic acids is 1. The average molecular weight is 224 g/mol. The molecule has 1 saturated carbocycles. The molecule has 0 aromatic carbocycles. The topological polar surface area (TPSA) is 41.1 Å². The molecule has 1 aliphatic carbocycles. The third kappa shape index (κ3) is 3.97. The van der Waals surface area contributed by atoms with Crippen LogP contribution in [0, 0.1) is 5.41 Å². The molecule has 0 radical (unpaired) electrons. The number of hydrogen-bond acceptors (Lipinski definition) is 2. The summed E-state index contributed by atoms with van der Waals surface area (Å²) < 4.78 is 0. The van der Waals surface area contributed by atoms with Gasteiger partial charge in [-0.25, -0.2) is 0 Å². The average Bonchev–Trinajstić information content (AvgIpc) is 3.03. The maximum absolute atomic E-state index is 11.6. The molecule has 0 spiro atoms. The summed E-state index contributed by atoms with van der Waals surface area (Å²) >= 11 is 0. The summed E-state index contributed by atoms with van der Waals surface area (Å²) in [5.74, 6) is 0.0622. The number of carbonyl (C=O) groups is 1. The SMILES string of the molecule is C=CCNC(=O)C(C)NCC1(CCC)CC1. The van der Waals surface area contributed by atoms with E-state index >= 15 is 0 Å². The summed E-state index contributed by atoms with van der Waals surface area (Å²) in [5.41, 5.74) is 0.502. The van der Waals surface area contributed by atoms with Crippen molar-refractivity contribution in [1.82, 2.24) is 10.6 Å². The Bertz CT molecular complexity index is 246. The zero-order chi connectivity index (χ0) is 12.0. The molecule has 1 rings (SSSR count). The van der Waals surface area contributed by atoms with Crippen LogP contribution < -0.4 is 10.6 Å². The molecule has 1 atom stereocenters. The van der Waals surface area contributed by atoms with Crippen molar-refractivity contribution in [2.75, 3.05) is 13.1 Å². The second kappa shape index (κ2) is 6.04. The molecule has 0 saturated heterocycles. The minimum absolute atomic E-state index is 0.0622. The van der Waals surface area contributed by atoms with E-state index in [-0.39, 0.29) is 11.9 Å². The second-order valence-electron chi connectivity index (χ2n) is 4.89. The Morgan fingerprint density at radius 1 is 1.56 bits per heavy atom. The van der Waals surface area contributed by atoms with Gasteiger partial charge >= 0.3 is 0 Å². The van der Waals surface area contributed by atoms with E-state index in [9.17, 15) is 4.79 Å². The van der Waals surface area contributed by atoms with E-state index in [4.69, 9.17) is 0 Å². The summed E-state index contributed by atoms with van der Waals surface area (Å²) in [6.07, 6.45) is 6.84. The van der Waals surface area contributed by atoms with Gasteiger partial charge in [0.25, 0.3) is 0 Å². The number of rotatable bonds is 8. The van der Waals surface area contributed by atoms with Crippen LogP contribution >= 0.6 is 0 Å². The summed E-state index contributed by atoms with van der Waals surface area (Å²) in [6, 6.07) is -0.103. The number of amides is 1. The molecule has 0 bridgehead atoms. The number of nitrogens with one attached hydrogen (secondary N) is 2. The Kier molecular flexibility index (Phi) is 5.00. The Balaban J connectivity index is 2.21. The van der Waals surface area contributed by atoms with Gasteiger partial charge in [-0.2, -0.15) is 0 Å². The molecule has 0 aromatic rings. The van der Waals surface area contributed by atoms with Gasteiger partial charge in [-0.15, -0.1) is 6.58 Å². The molecule has 1 fully saturated rings. The van der Waals surface area contributed by atoms with Crippen LogP contribution in [-0.2, 0) is 4.79 Å². The minimum atomic E-state index is -0.103. The first-order valence-corrected chi connectivity index (χ1v) is 6.25. The Morgan fingerprint density at radius 2 is 2.25 bits per heavy atom. The first-order valence-electron chi connectivity index (χ1n) is 6.25. The highest BCUT2D eigenvalue weighted by Gasteiger charge is 2.41. The molecule has 3 nitrogen and oxygen atoms in total. The van der Waals surface area contributed by atoms with E-state index in [2.05, 4.69) is 24.1 Å². The molecule has 0 heterocycles. The van der Waals surface area contributed by atoms with Crippen LogP contribution in [0.25, 0.3) is 0 Å². The molecule has 0 aromatic heterocycles. The van der Waals surface area contributed by atoms with Crippen molar-refractivity contribution < 1.29 is 4.79 Å². The molecule has 3 heteroatoms. The van der Waals surface area contributed by atoms with E-state index in [1.807, 2.05) is 6.92 Å². The monoisotopic (exact) mass is 224 g/mol. The third-order valence-corrected chi connectivity index (χ3v) is 3.33. The van der Waals surface area contributed by atoms with Crippen molar-refractivity contribution in [3.05, 3.63) is 12.7 Å². The van der Waals surface area contributed by atoms with Gasteiger partial charge in [-0.1, -0.05) is 19.4 Å². The van der Waals surface area contributed by atoms with Crippen molar-refractivity contribution >= 4 is 5.91 Å². The summed E-state index contributed by atoms with van der Waals surface area (Å²) in [7, 11) is 0. The van der Waals surface area contributed by atoms with Crippen molar-refractivity contribution in [1.29, 1.82) is 0 Å². The number of hydrogen-bond donors (Lipinski definition) is 2. The lowest BCUT2D eigenvalue weighted by atomic mass is 10.0. The first-order chi connectivity index (χ1) is 7.63. The summed E-state index contributed by atoms with van der Waals surface area (Å²) in [4.78, 5) is 11.6. The lowest BCUT2D eigenvalue weighted by Gasteiger charge is -2.19. The maximum atomic E-state index is 11.6. The van der Waals surface area contributed by atoms with Crippen molar-refractivity contribution in [3.63, 3.8) is 0 Å². The highest BCUT2D eigenvalue weighted by molar-refractivity contribution is 5.81. The molecule has 0 aliphatic heterocycles. The molecule has 1 aliphatic rings. The largest absolute Gasteiger partial charge is 0.351 e. The smallest absolute Gasteiger partial charge is 0.237 e. The fraction of sp³-hybridized carbons (Fsp3) is 0.769. The molecular weight excluding hydrogens is 200 g/mol. The van der Waals surface area contributed by atoms with Crippen molar-refractivity contribution in [2.45, 2.75) is 45.6 Å². The predicted octanol–water partition coefficient (Wildman–Crippen LogP) is 1.85. The van der Waals surface area contributed by atoms with Crippen LogP contribution in [0.4, 0.5) is 0 Å². The van der Waals surface area contributed by atoms with Gasteiger partial charge < -0.3 is 10.6 Å². The lowest BCUT2D eigenvalue weighted by molar-refractivity contribution is -0.122. The van der Waals surface area contributed by atoms with Crippen LogP contribution in [-0.4, -0.2) is 25.0 Å². The van der Waals surface area contributed by atoms with Crippen LogP contribution in [0.15, 0.2) is 12.7 Å². The van der Waals surface area contributed by atoms with Crippen molar-refractivity contribution in [3.8, 4) is 0 Å². The molecule has 92 valence electrons.